The Bertz CT molecular complexity index is 1140. The number of nitrogens with zero attached hydrogens (tertiary/aromatic N) is 4. The maximum Gasteiger partial charge on any atom is 0.416 e. The number of halogens is 3. The van der Waals surface area contributed by atoms with Crippen LogP contribution in [0.15, 0.2) is 61.2 Å². The van der Waals surface area contributed by atoms with E-state index in [4.69, 9.17) is 0 Å². The predicted molar refractivity (Wildman–Crippen MR) is 100 cm³/mol. The number of hydrogen-bond donors (Lipinski definition) is 1. The zero-order chi connectivity index (χ0) is 19.7. The maximum absolute atomic E-state index is 12.7. The molecule has 0 aliphatic heterocycles. The third-order valence-electron chi connectivity index (χ3n) is 4.30. The molecule has 0 saturated carbocycles. The summed E-state index contributed by atoms with van der Waals surface area (Å²) in [7, 11) is 0. The summed E-state index contributed by atoms with van der Waals surface area (Å²) in [5, 5.41) is 12.7. The number of rotatable bonds is 3. The SMILES string of the molecule is Cc1cncnc1-c1ccc2c(Nc3ccc(C(F)(F)F)cc3)nncc2c1. The number of nitrogens with one attached hydrogen (secondary N) is 1. The highest BCUT2D eigenvalue weighted by atomic mass is 19.4. The van der Waals surface area contributed by atoms with Crippen LogP contribution in [-0.2, 0) is 6.18 Å². The van der Waals surface area contributed by atoms with E-state index in [9.17, 15) is 13.2 Å². The molecule has 4 aromatic rings. The second kappa shape index (κ2) is 6.88. The average molecular weight is 381 g/mol. The Morgan fingerprint density at radius 1 is 0.964 bits per heavy atom. The number of alkyl halides is 3. The topological polar surface area (TPSA) is 63.6 Å². The smallest absolute Gasteiger partial charge is 0.338 e. The molecular weight excluding hydrogens is 367 g/mol. The summed E-state index contributed by atoms with van der Waals surface area (Å²) in [5.74, 6) is 0.461. The van der Waals surface area contributed by atoms with Gasteiger partial charge in [0.2, 0.25) is 0 Å². The molecule has 2 aromatic heterocycles. The van der Waals surface area contributed by atoms with Gasteiger partial charge in [0.25, 0.3) is 0 Å². The highest BCUT2D eigenvalue weighted by Gasteiger charge is 2.29. The monoisotopic (exact) mass is 381 g/mol. The second-order valence-corrected chi connectivity index (χ2v) is 6.25. The van der Waals surface area contributed by atoms with Gasteiger partial charge in [-0.05, 0) is 48.9 Å². The summed E-state index contributed by atoms with van der Waals surface area (Å²) in [6.07, 6.45) is 0.504. The number of benzene rings is 2. The fraction of sp³-hybridized carbons (Fsp3) is 0.100. The molecule has 2 heterocycles. The van der Waals surface area contributed by atoms with E-state index in [-0.39, 0.29) is 0 Å². The van der Waals surface area contributed by atoms with Crippen molar-refractivity contribution in [3.63, 3.8) is 0 Å². The van der Waals surface area contributed by atoms with Crippen LogP contribution in [0.4, 0.5) is 24.7 Å². The van der Waals surface area contributed by atoms with Crippen LogP contribution in [-0.4, -0.2) is 20.2 Å². The van der Waals surface area contributed by atoms with Crippen molar-refractivity contribution in [2.24, 2.45) is 0 Å². The van der Waals surface area contributed by atoms with Crippen molar-refractivity contribution in [3.05, 3.63) is 72.3 Å². The Balaban J connectivity index is 1.68. The van der Waals surface area contributed by atoms with E-state index in [1.807, 2.05) is 25.1 Å². The first kappa shape index (κ1) is 17.8. The average Bonchev–Trinajstić information content (AvgIpc) is 2.68. The molecule has 1 N–H and O–H groups in total. The lowest BCUT2D eigenvalue weighted by atomic mass is 10.0. The minimum Gasteiger partial charge on any atom is -0.338 e. The predicted octanol–water partition coefficient (Wildman–Crippen LogP) is 5.16. The van der Waals surface area contributed by atoms with Gasteiger partial charge in [-0.25, -0.2) is 9.97 Å². The van der Waals surface area contributed by atoms with Crippen molar-refractivity contribution >= 4 is 22.3 Å². The van der Waals surface area contributed by atoms with E-state index in [2.05, 4.69) is 25.5 Å². The van der Waals surface area contributed by atoms with Gasteiger partial charge in [0.05, 0.1) is 17.5 Å². The van der Waals surface area contributed by atoms with Crippen LogP contribution in [0.5, 0.6) is 0 Å². The van der Waals surface area contributed by atoms with Gasteiger partial charge in [0.1, 0.15) is 6.33 Å². The van der Waals surface area contributed by atoms with Gasteiger partial charge < -0.3 is 5.32 Å². The van der Waals surface area contributed by atoms with E-state index < -0.39 is 11.7 Å². The number of aryl methyl sites for hydroxylation is 1. The molecule has 4 rings (SSSR count). The zero-order valence-corrected chi connectivity index (χ0v) is 14.7. The molecule has 0 radical (unpaired) electrons. The Kier molecular flexibility index (Phi) is 4.38. The minimum absolute atomic E-state index is 0.461. The first-order valence-electron chi connectivity index (χ1n) is 8.38. The van der Waals surface area contributed by atoms with E-state index in [0.717, 1.165) is 39.7 Å². The molecule has 0 fully saturated rings. The van der Waals surface area contributed by atoms with Crippen molar-refractivity contribution in [1.29, 1.82) is 0 Å². The molecule has 8 heteroatoms. The van der Waals surface area contributed by atoms with Crippen LogP contribution in [0.3, 0.4) is 0 Å². The van der Waals surface area contributed by atoms with Gasteiger partial charge in [-0.15, -0.1) is 5.10 Å². The lowest BCUT2D eigenvalue weighted by molar-refractivity contribution is -0.137. The molecular formula is C20H14F3N5. The molecule has 5 nitrogen and oxygen atoms in total. The molecule has 140 valence electrons. The van der Waals surface area contributed by atoms with Crippen LogP contribution < -0.4 is 5.32 Å². The Morgan fingerprint density at radius 2 is 1.75 bits per heavy atom. The summed E-state index contributed by atoms with van der Waals surface area (Å²) in [5.41, 5.74) is 2.48. The minimum atomic E-state index is -4.37. The highest BCUT2D eigenvalue weighted by Crippen LogP contribution is 2.32. The van der Waals surface area contributed by atoms with Crippen LogP contribution in [0.2, 0.25) is 0 Å². The molecule has 0 unspecified atom stereocenters. The van der Waals surface area contributed by atoms with Gasteiger partial charge in [-0.1, -0.05) is 6.07 Å². The molecule has 0 atom stereocenters. The zero-order valence-electron chi connectivity index (χ0n) is 14.7. The number of fused-ring (bicyclic) bond motifs is 1. The molecule has 0 aliphatic carbocycles. The first-order valence-corrected chi connectivity index (χ1v) is 8.38. The van der Waals surface area contributed by atoms with Crippen LogP contribution in [0, 0.1) is 6.92 Å². The molecule has 0 spiro atoms. The molecule has 0 bridgehead atoms. The van der Waals surface area contributed by atoms with E-state index in [1.165, 1.54) is 18.5 Å². The van der Waals surface area contributed by atoms with Crippen LogP contribution >= 0.6 is 0 Å². The quantitative estimate of drug-likeness (QED) is 0.531. The van der Waals surface area contributed by atoms with Crippen molar-refractivity contribution in [2.75, 3.05) is 5.32 Å². The lowest BCUT2D eigenvalue weighted by Crippen LogP contribution is -2.04. The molecule has 2 aromatic carbocycles. The molecule has 0 amide bonds. The van der Waals surface area contributed by atoms with Gasteiger partial charge in [0, 0.05) is 28.2 Å². The van der Waals surface area contributed by atoms with Crippen LogP contribution in [0.25, 0.3) is 22.0 Å². The van der Waals surface area contributed by atoms with E-state index >= 15 is 0 Å². The Hall–Kier alpha value is -3.55. The highest BCUT2D eigenvalue weighted by molar-refractivity contribution is 5.95. The van der Waals surface area contributed by atoms with Gasteiger partial charge in [-0.2, -0.15) is 18.3 Å². The first-order chi connectivity index (χ1) is 13.4. The van der Waals surface area contributed by atoms with Crippen molar-refractivity contribution in [2.45, 2.75) is 13.1 Å². The Morgan fingerprint density at radius 3 is 2.46 bits per heavy atom. The Labute approximate surface area is 158 Å². The fourth-order valence-corrected chi connectivity index (χ4v) is 2.91. The van der Waals surface area contributed by atoms with Crippen LogP contribution in [0.1, 0.15) is 11.1 Å². The second-order valence-electron chi connectivity index (χ2n) is 6.25. The fourth-order valence-electron chi connectivity index (χ4n) is 2.91. The lowest BCUT2D eigenvalue weighted by Gasteiger charge is -2.11. The van der Waals surface area contributed by atoms with Crippen molar-refractivity contribution < 1.29 is 13.2 Å². The number of anilines is 2. The molecule has 0 aliphatic rings. The summed E-state index contributed by atoms with van der Waals surface area (Å²) in [6, 6.07) is 10.5. The summed E-state index contributed by atoms with van der Waals surface area (Å²) in [6.45, 7) is 1.93. The standard InChI is InChI=1S/C20H14F3N5/c1-12-9-24-11-25-18(12)13-2-7-17-14(8-13)10-26-28-19(17)27-16-5-3-15(4-6-16)20(21,22)23/h2-11H,1H3,(H,27,28). The van der Waals surface area contributed by atoms with E-state index in [1.54, 1.807) is 12.4 Å². The van der Waals surface area contributed by atoms with E-state index in [0.29, 0.717) is 11.5 Å². The number of aromatic nitrogens is 4. The maximum atomic E-state index is 12.7. The molecule has 28 heavy (non-hydrogen) atoms. The number of hydrogen-bond acceptors (Lipinski definition) is 5. The van der Waals surface area contributed by atoms with Crippen molar-refractivity contribution in [1.82, 2.24) is 20.2 Å². The van der Waals surface area contributed by atoms with Gasteiger partial charge >= 0.3 is 6.18 Å². The summed E-state index contributed by atoms with van der Waals surface area (Å²) < 4.78 is 38.1. The van der Waals surface area contributed by atoms with Gasteiger partial charge in [0.15, 0.2) is 5.82 Å². The normalized spacial score (nSPS) is 11.6. The molecule has 0 saturated heterocycles. The largest absolute Gasteiger partial charge is 0.416 e. The summed E-state index contributed by atoms with van der Waals surface area (Å²) >= 11 is 0. The third kappa shape index (κ3) is 3.48. The van der Waals surface area contributed by atoms with Gasteiger partial charge in [-0.3, -0.25) is 0 Å². The summed E-state index contributed by atoms with van der Waals surface area (Å²) in [4.78, 5) is 8.32. The van der Waals surface area contributed by atoms with Crippen molar-refractivity contribution in [3.8, 4) is 11.3 Å². The third-order valence-corrected chi connectivity index (χ3v) is 4.30.